The number of carbonyl (C=O) groups is 1. The molecule has 0 fully saturated rings. The third-order valence-corrected chi connectivity index (χ3v) is 3.84. The predicted molar refractivity (Wildman–Crippen MR) is 80.9 cm³/mol. The van der Waals surface area contributed by atoms with Crippen LogP contribution in [0.5, 0.6) is 0 Å². The van der Waals surface area contributed by atoms with E-state index in [1.54, 1.807) is 24.3 Å². The zero-order valence-electron chi connectivity index (χ0n) is 10.6. The maximum absolute atomic E-state index is 11.8. The Balaban J connectivity index is 2.08. The zero-order chi connectivity index (χ0) is 14.3. The van der Waals surface area contributed by atoms with Gasteiger partial charge in [0.2, 0.25) is 0 Å². The van der Waals surface area contributed by atoms with Crippen molar-refractivity contribution in [2.24, 2.45) is 0 Å². The minimum Gasteiger partial charge on any atom is -0.422 e. The molecule has 0 aliphatic carbocycles. The maximum atomic E-state index is 11.8. The number of hydrogen-bond donors (Lipinski definition) is 0. The van der Waals surface area contributed by atoms with E-state index >= 15 is 0 Å². The third-order valence-electron chi connectivity index (χ3n) is 3.10. The van der Waals surface area contributed by atoms with Gasteiger partial charge in [0.15, 0.2) is 0 Å². The number of benzene rings is 2. The average Bonchev–Trinajstić information content (AvgIpc) is 2.70. The summed E-state index contributed by atoms with van der Waals surface area (Å²) in [6, 6.07) is 10.9. The van der Waals surface area contributed by atoms with Gasteiger partial charge in [0.1, 0.15) is 5.76 Å². The van der Waals surface area contributed by atoms with Gasteiger partial charge in [-0.3, -0.25) is 0 Å². The monoisotopic (exact) mass is 304 g/mol. The van der Waals surface area contributed by atoms with E-state index in [0.29, 0.717) is 21.4 Å². The van der Waals surface area contributed by atoms with Gasteiger partial charge >= 0.3 is 5.97 Å². The van der Waals surface area contributed by atoms with E-state index in [1.807, 2.05) is 25.1 Å². The van der Waals surface area contributed by atoms with E-state index in [4.69, 9.17) is 27.9 Å². The molecule has 3 rings (SSSR count). The predicted octanol–water partition coefficient (Wildman–Crippen LogP) is 4.97. The highest BCUT2D eigenvalue weighted by Crippen LogP contribution is 2.33. The summed E-state index contributed by atoms with van der Waals surface area (Å²) in [6.45, 7) is 1.97. The van der Waals surface area contributed by atoms with Crippen LogP contribution in [0.25, 0.3) is 11.8 Å². The molecule has 100 valence electrons. The van der Waals surface area contributed by atoms with Crippen LogP contribution in [-0.2, 0) is 4.74 Å². The lowest BCUT2D eigenvalue weighted by atomic mass is 10.0. The van der Waals surface area contributed by atoms with Crippen molar-refractivity contribution < 1.29 is 9.53 Å². The Kier molecular flexibility index (Phi) is 3.28. The van der Waals surface area contributed by atoms with Crippen LogP contribution in [0.2, 0.25) is 10.0 Å². The van der Waals surface area contributed by atoms with Gasteiger partial charge in [0.25, 0.3) is 0 Å². The van der Waals surface area contributed by atoms with E-state index in [-0.39, 0.29) is 5.97 Å². The van der Waals surface area contributed by atoms with E-state index in [1.165, 1.54) is 0 Å². The van der Waals surface area contributed by atoms with Gasteiger partial charge in [-0.2, -0.15) is 0 Å². The highest BCUT2D eigenvalue weighted by Gasteiger charge is 2.26. The van der Waals surface area contributed by atoms with Crippen LogP contribution >= 0.6 is 23.2 Å². The minimum absolute atomic E-state index is 0.327. The van der Waals surface area contributed by atoms with Crippen LogP contribution in [0.1, 0.15) is 27.0 Å². The molecule has 0 unspecified atom stereocenters. The lowest BCUT2D eigenvalue weighted by molar-refractivity contribution is 0.0717. The summed E-state index contributed by atoms with van der Waals surface area (Å²) in [5.74, 6) is 0.207. The first-order chi connectivity index (χ1) is 9.54. The molecule has 0 N–H and O–H groups in total. The summed E-state index contributed by atoms with van der Waals surface area (Å²) in [6.07, 6.45) is 1.78. The molecule has 0 amide bonds. The Hall–Kier alpha value is -1.77. The number of fused-ring (bicyclic) bond motifs is 1. The van der Waals surface area contributed by atoms with Crippen LogP contribution in [0.3, 0.4) is 0 Å². The van der Waals surface area contributed by atoms with Crippen molar-refractivity contribution in [1.82, 2.24) is 0 Å². The number of ether oxygens (including phenoxy) is 1. The largest absolute Gasteiger partial charge is 0.422 e. The number of esters is 1. The average molecular weight is 305 g/mol. The van der Waals surface area contributed by atoms with Crippen LogP contribution in [0.15, 0.2) is 36.4 Å². The molecule has 4 heteroatoms. The van der Waals surface area contributed by atoms with Crippen molar-refractivity contribution in [3.8, 4) is 0 Å². The molecular formula is C16H10Cl2O2. The van der Waals surface area contributed by atoms with Gasteiger partial charge in [-0.05, 0) is 42.8 Å². The second-order valence-corrected chi connectivity index (χ2v) is 5.44. The summed E-state index contributed by atoms with van der Waals surface area (Å²) < 4.78 is 5.31. The smallest absolute Gasteiger partial charge is 0.344 e. The first-order valence-electron chi connectivity index (χ1n) is 6.04. The van der Waals surface area contributed by atoms with Gasteiger partial charge in [-0.1, -0.05) is 40.9 Å². The van der Waals surface area contributed by atoms with Crippen molar-refractivity contribution in [1.29, 1.82) is 0 Å². The molecule has 0 aromatic heterocycles. The first-order valence-corrected chi connectivity index (χ1v) is 6.80. The molecule has 0 saturated carbocycles. The molecule has 0 radical (unpaired) electrons. The van der Waals surface area contributed by atoms with Crippen LogP contribution in [-0.4, -0.2) is 5.97 Å². The minimum atomic E-state index is -0.327. The molecule has 2 nitrogen and oxygen atoms in total. The number of rotatable bonds is 1. The standard InChI is InChI=1S/C16H10Cl2O2/c1-9-2-4-11-12(6-9)15(20-16(11)19)8-10-3-5-13(17)14(18)7-10/h2-8H,1H3/b15-8-. The van der Waals surface area contributed by atoms with Gasteiger partial charge in [-0.15, -0.1) is 0 Å². The molecule has 0 spiro atoms. The normalized spacial score (nSPS) is 15.3. The number of carbonyl (C=O) groups excluding carboxylic acids is 1. The van der Waals surface area contributed by atoms with E-state index in [2.05, 4.69) is 0 Å². The summed E-state index contributed by atoms with van der Waals surface area (Å²) in [4.78, 5) is 11.8. The molecular weight excluding hydrogens is 295 g/mol. The fourth-order valence-corrected chi connectivity index (χ4v) is 2.42. The van der Waals surface area contributed by atoms with Crippen molar-refractivity contribution in [2.75, 3.05) is 0 Å². The lowest BCUT2D eigenvalue weighted by Gasteiger charge is -2.01. The third kappa shape index (κ3) is 2.33. The summed E-state index contributed by atoms with van der Waals surface area (Å²) in [7, 11) is 0. The number of hydrogen-bond acceptors (Lipinski definition) is 2. The second kappa shape index (κ2) is 4.97. The molecule has 1 aliphatic heterocycles. The molecule has 2 aromatic carbocycles. The highest BCUT2D eigenvalue weighted by molar-refractivity contribution is 6.42. The van der Waals surface area contributed by atoms with E-state index < -0.39 is 0 Å². The molecule has 0 atom stereocenters. The number of cyclic esters (lactones) is 1. The molecule has 1 aliphatic rings. The van der Waals surface area contributed by atoms with Gasteiger partial charge in [0.05, 0.1) is 15.6 Å². The molecule has 0 saturated heterocycles. The zero-order valence-corrected chi connectivity index (χ0v) is 12.1. The second-order valence-electron chi connectivity index (χ2n) is 4.62. The fourth-order valence-electron chi connectivity index (χ4n) is 2.11. The van der Waals surface area contributed by atoms with Crippen LogP contribution < -0.4 is 0 Å². The number of aryl methyl sites for hydroxylation is 1. The topological polar surface area (TPSA) is 26.3 Å². The summed E-state index contributed by atoms with van der Waals surface area (Å²) in [5.41, 5.74) is 3.29. The number of halogens is 2. The summed E-state index contributed by atoms with van der Waals surface area (Å²) >= 11 is 11.9. The van der Waals surface area contributed by atoms with Crippen molar-refractivity contribution in [2.45, 2.75) is 6.92 Å². The van der Waals surface area contributed by atoms with Crippen molar-refractivity contribution in [3.63, 3.8) is 0 Å². The van der Waals surface area contributed by atoms with Gasteiger partial charge in [0, 0.05) is 5.56 Å². The lowest BCUT2D eigenvalue weighted by Crippen LogP contribution is -1.92. The van der Waals surface area contributed by atoms with Crippen molar-refractivity contribution >= 4 is 41.0 Å². The maximum Gasteiger partial charge on any atom is 0.344 e. The Bertz CT molecular complexity index is 748. The summed E-state index contributed by atoms with van der Waals surface area (Å²) in [5, 5.41) is 0.961. The highest BCUT2D eigenvalue weighted by atomic mass is 35.5. The molecule has 0 bridgehead atoms. The Labute approximate surface area is 126 Å². The fraction of sp³-hybridized carbons (Fsp3) is 0.0625. The Morgan fingerprint density at radius 2 is 1.80 bits per heavy atom. The Morgan fingerprint density at radius 1 is 1.00 bits per heavy atom. The molecule has 2 aromatic rings. The van der Waals surface area contributed by atoms with Crippen LogP contribution in [0.4, 0.5) is 0 Å². The Morgan fingerprint density at radius 3 is 2.55 bits per heavy atom. The quantitative estimate of drug-likeness (QED) is 0.695. The van der Waals surface area contributed by atoms with E-state index in [9.17, 15) is 4.79 Å². The van der Waals surface area contributed by atoms with E-state index in [0.717, 1.165) is 16.7 Å². The SMILES string of the molecule is Cc1ccc2c(c1)/C(=C/c1ccc(Cl)c(Cl)c1)OC2=O. The molecule has 1 heterocycles. The molecule has 20 heavy (non-hydrogen) atoms. The van der Waals surface area contributed by atoms with Gasteiger partial charge in [-0.25, -0.2) is 4.79 Å². The van der Waals surface area contributed by atoms with Crippen LogP contribution in [0, 0.1) is 6.92 Å². The van der Waals surface area contributed by atoms with Gasteiger partial charge < -0.3 is 4.74 Å². The van der Waals surface area contributed by atoms with Crippen molar-refractivity contribution in [3.05, 3.63) is 68.7 Å². The first kappa shape index (κ1) is 13.2.